The first-order valence-corrected chi connectivity index (χ1v) is 6.54. The Morgan fingerprint density at radius 2 is 1.90 bits per heavy atom. The van der Waals surface area contributed by atoms with Crippen LogP contribution in [0.3, 0.4) is 0 Å². The first-order valence-electron chi connectivity index (χ1n) is 6.54. The van der Waals surface area contributed by atoms with Gasteiger partial charge in [-0.25, -0.2) is 4.79 Å². The van der Waals surface area contributed by atoms with Gasteiger partial charge in [-0.05, 0) is 31.9 Å². The van der Waals surface area contributed by atoms with Crippen LogP contribution in [-0.2, 0) is 4.79 Å². The van der Waals surface area contributed by atoms with Crippen LogP contribution in [0.2, 0.25) is 0 Å². The van der Waals surface area contributed by atoms with E-state index in [1.54, 1.807) is 0 Å². The van der Waals surface area contributed by atoms with Crippen molar-refractivity contribution >= 4 is 17.6 Å². The number of hydrogen-bond acceptors (Lipinski definition) is 3. The molecule has 0 aliphatic rings. The number of hydrogen-bond donors (Lipinski definition) is 2. The number of carbonyl (C=O) groups is 2. The minimum absolute atomic E-state index is 0.309. The molecule has 0 saturated heterocycles. The van der Waals surface area contributed by atoms with Gasteiger partial charge in [-0.15, -0.1) is 0 Å². The number of nitrogens with zero attached hydrogens (tertiary/aromatic N) is 2. The molecule has 0 aliphatic carbocycles. The van der Waals surface area contributed by atoms with Gasteiger partial charge in [0.25, 0.3) is 5.91 Å². The molecular formula is C15H17N3O3. The molecule has 110 valence electrons. The number of carboxylic acids is 1. The average Bonchev–Trinajstić information content (AvgIpc) is 2.91. The van der Waals surface area contributed by atoms with Crippen molar-refractivity contribution in [2.24, 2.45) is 0 Å². The highest BCUT2D eigenvalue weighted by Gasteiger charge is 2.17. The Hall–Kier alpha value is -2.63. The monoisotopic (exact) mass is 287 g/mol. The molecule has 2 aromatic rings. The lowest BCUT2D eigenvalue weighted by molar-refractivity contribution is -0.140. The molecule has 2 rings (SSSR count). The molecular weight excluding hydrogens is 270 g/mol. The fourth-order valence-electron chi connectivity index (χ4n) is 1.98. The quantitative estimate of drug-likeness (QED) is 0.904. The smallest absolute Gasteiger partial charge is 0.328 e. The standard InChI is InChI=1S/C15H17N3O3/c1-9-5-4-6-10(2)13(9)17-14(19)12-7-16-18(8-12)11(3)15(20)21/h4-8,11H,1-3H3,(H,17,19)(H,20,21). The summed E-state index contributed by atoms with van der Waals surface area (Å²) in [5.74, 6) is -1.31. The number of aliphatic carboxylic acids is 1. The van der Waals surface area contributed by atoms with E-state index in [2.05, 4.69) is 10.4 Å². The number of anilines is 1. The van der Waals surface area contributed by atoms with Crippen molar-refractivity contribution in [2.75, 3.05) is 5.32 Å². The third-order valence-electron chi connectivity index (χ3n) is 3.34. The first-order chi connectivity index (χ1) is 9.90. The van der Waals surface area contributed by atoms with Gasteiger partial charge in [0.15, 0.2) is 0 Å². The maximum absolute atomic E-state index is 12.2. The molecule has 0 saturated carbocycles. The molecule has 6 nitrogen and oxygen atoms in total. The van der Waals surface area contributed by atoms with Crippen LogP contribution in [0.25, 0.3) is 0 Å². The lowest BCUT2D eigenvalue weighted by atomic mass is 10.1. The third kappa shape index (κ3) is 3.10. The van der Waals surface area contributed by atoms with Gasteiger partial charge in [-0.3, -0.25) is 9.48 Å². The summed E-state index contributed by atoms with van der Waals surface area (Å²) in [5.41, 5.74) is 3.02. The minimum Gasteiger partial charge on any atom is -0.480 e. The second-order valence-electron chi connectivity index (χ2n) is 4.94. The van der Waals surface area contributed by atoms with Crippen LogP contribution >= 0.6 is 0 Å². The summed E-state index contributed by atoms with van der Waals surface area (Å²) in [7, 11) is 0. The Kier molecular flexibility index (Phi) is 4.07. The van der Waals surface area contributed by atoms with Crippen LogP contribution in [0.15, 0.2) is 30.6 Å². The number of aromatic nitrogens is 2. The van der Waals surface area contributed by atoms with E-state index in [0.717, 1.165) is 16.8 Å². The number of aryl methyl sites for hydroxylation is 2. The number of nitrogens with one attached hydrogen (secondary N) is 1. The summed E-state index contributed by atoms with van der Waals surface area (Å²) in [6, 6.07) is 4.94. The van der Waals surface area contributed by atoms with Crippen LogP contribution in [0.1, 0.15) is 34.5 Å². The third-order valence-corrected chi connectivity index (χ3v) is 3.34. The Bertz CT molecular complexity index is 671. The normalized spacial score (nSPS) is 12.0. The number of carbonyl (C=O) groups excluding carboxylic acids is 1. The molecule has 6 heteroatoms. The van der Waals surface area contributed by atoms with Crippen molar-refractivity contribution in [3.8, 4) is 0 Å². The SMILES string of the molecule is Cc1cccc(C)c1NC(=O)c1cnn(C(C)C(=O)O)c1. The van der Waals surface area contributed by atoms with Crippen molar-refractivity contribution in [2.45, 2.75) is 26.8 Å². The van der Waals surface area contributed by atoms with Crippen molar-refractivity contribution in [3.05, 3.63) is 47.3 Å². The van der Waals surface area contributed by atoms with Gasteiger partial charge in [-0.1, -0.05) is 18.2 Å². The van der Waals surface area contributed by atoms with Crippen molar-refractivity contribution < 1.29 is 14.7 Å². The van der Waals surface area contributed by atoms with Gasteiger partial charge < -0.3 is 10.4 Å². The maximum atomic E-state index is 12.2. The highest BCUT2D eigenvalue weighted by Crippen LogP contribution is 2.20. The number of para-hydroxylation sites is 1. The Morgan fingerprint density at radius 3 is 2.48 bits per heavy atom. The van der Waals surface area contributed by atoms with Crippen LogP contribution in [0.5, 0.6) is 0 Å². The number of carboxylic acid groups (broad SMARTS) is 1. The molecule has 0 radical (unpaired) electrons. The zero-order valence-corrected chi connectivity index (χ0v) is 12.1. The fourth-order valence-corrected chi connectivity index (χ4v) is 1.98. The van der Waals surface area contributed by atoms with Crippen LogP contribution < -0.4 is 5.32 Å². The van der Waals surface area contributed by atoms with Crippen LogP contribution in [-0.4, -0.2) is 26.8 Å². The van der Waals surface area contributed by atoms with E-state index in [9.17, 15) is 9.59 Å². The molecule has 1 atom stereocenters. The molecule has 1 heterocycles. The van der Waals surface area contributed by atoms with Gasteiger partial charge in [0.1, 0.15) is 6.04 Å². The highest BCUT2D eigenvalue weighted by molar-refractivity contribution is 6.04. The van der Waals surface area contributed by atoms with E-state index in [1.807, 2.05) is 32.0 Å². The van der Waals surface area contributed by atoms with E-state index in [0.29, 0.717) is 5.56 Å². The van der Waals surface area contributed by atoms with Gasteiger partial charge in [0.2, 0.25) is 0 Å². The second kappa shape index (κ2) is 5.78. The molecule has 1 amide bonds. The number of amides is 1. The summed E-state index contributed by atoms with van der Waals surface area (Å²) in [6.07, 6.45) is 2.80. The second-order valence-corrected chi connectivity index (χ2v) is 4.94. The minimum atomic E-state index is -1.00. The van der Waals surface area contributed by atoms with Gasteiger partial charge >= 0.3 is 5.97 Å². The summed E-state index contributed by atoms with van der Waals surface area (Å²) in [6.45, 7) is 5.33. The number of rotatable bonds is 4. The average molecular weight is 287 g/mol. The molecule has 1 aromatic heterocycles. The zero-order valence-electron chi connectivity index (χ0n) is 12.1. The van der Waals surface area contributed by atoms with E-state index in [4.69, 9.17) is 5.11 Å². The zero-order chi connectivity index (χ0) is 15.6. The molecule has 0 spiro atoms. The molecule has 0 aliphatic heterocycles. The fraction of sp³-hybridized carbons (Fsp3) is 0.267. The lowest BCUT2D eigenvalue weighted by Gasteiger charge is -2.10. The van der Waals surface area contributed by atoms with Gasteiger partial charge in [0.05, 0.1) is 11.8 Å². The van der Waals surface area contributed by atoms with Gasteiger partial charge in [0, 0.05) is 11.9 Å². The van der Waals surface area contributed by atoms with Crippen molar-refractivity contribution in [1.82, 2.24) is 9.78 Å². The summed E-state index contributed by atoms with van der Waals surface area (Å²) in [5, 5.41) is 15.7. The molecule has 1 aromatic carbocycles. The van der Waals surface area contributed by atoms with E-state index < -0.39 is 12.0 Å². The van der Waals surface area contributed by atoms with E-state index in [-0.39, 0.29) is 5.91 Å². The molecule has 0 bridgehead atoms. The summed E-state index contributed by atoms with van der Waals surface area (Å²) in [4.78, 5) is 23.1. The Labute approximate surface area is 122 Å². The lowest BCUT2D eigenvalue weighted by Crippen LogP contribution is -2.16. The molecule has 1 unspecified atom stereocenters. The molecule has 0 fully saturated rings. The summed E-state index contributed by atoms with van der Waals surface area (Å²) < 4.78 is 1.25. The molecule has 2 N–H and O–H groups in total. The topological polar surface area (TPSA) is 84.2 Å². The predicted octanol–water partition coefficient (Wildman–Crippen LogP) is 2.40. The van der Waals surface area contributed by atoms with Crippen molar-refractivity contribution in [1.29, 1.82) is 0 Å². The highest BCUT2D eigenvalue weighted by atomic mass is 16.4. The van der Waals surface area contributed by atoms with E-state index in [1.165, 1.54) is 24.0 Å². The molecule has 21 heavy (non-hydrogen) atoms. The summed E-state index contributed by atoms with van der Waals surface area (Å²) >= 11 is 0. The van der Waals surface area contributed by atoms with Crippen LogP contribution in [0.4, 0.5) is 5.69 Å². The first kappa shape index (κ1) is 14.8. The Morgan fingerprint density at radius 1 is 1.29 bits per heavy atom. The Balaban J connectivity index is 2.20. The largest absolute Gasteiger partial charge is 0.480 e. The number of benzene rings is 1. The van der Waals surface area contributed by atoms with Crippen molar-refractivity contribution in [3.63, 3.8) is 0 Å². The van der Waals surface area contributed by atoms with Crippen LogP contribution in [0, 0.1) is 13.8 Å². The van der Waals surface area contributed by atoms with E-state index >= 15 is 0 Å². The van der Waals surface area contributed by atoms with Gasteiger partial charge in [-0.2, -0.15) is 5.10 Å². The maximum Gasteiger partial charge on any atom is 0.328 e. The predicted molar refractivity (Wildman–Crippen MR) is 78.4 cm³/mol.